The van der Waals surface area contributed by atoms with Gasteiger partial charge in [-0.05, 0) is 33.2 Å². The summed E-state index contributed by atoms with van der Waals surface area (Å²) in [6.45, 7) is 14.8. The number of carbonyl (C=O) groups excluding carboxylic acids is 1. The van der Waals surface area contributed by atoms with E-state index in [4.69, 9.17) is 0 Å². The molecule has 0 aromatic carbocycles. The zero-order chi connectivity index (χ0) is 15.2. The number of hydrogen-bond donors (Lipinski definition) is 1. The molecule has 2 fully saturated rings. The average Bonchev–Trinajstić information content (AvgIpc) is 2.48. The van der Waals surface area contributed by atoms with Crippen LogP contribution in [0.1, 0.15) is 33.6 Å². The lowest BCUT2D eigenvalue weighted by Gasteiger charge is -2.37. The number of nitrogens with one attached hydrogen (secondary N) is 1. The molecule has 2 heterocycles. The van der Waals surface area contributed by atoms with Crippen molar-refractivity contribution in [2.24, 2.45) is 0 Å². The van der Waals surface area contributed by atoms with E-state index in [1.54, 1.807) is 0 Å². The summed E-state index contributed by atoms with van der Waals surface area (Å²) >= 11 is 0. The number of likely N-dealkylation sites (tertiary alicyclic amines) is 1. The summed E-state index contributed by atoms with van der Waals surface area (Å²) in [5.74, 6) is 0.211. The lowest BCUT2D eigenvalue weighted by atomic mass is 10.1. The highest BCUT2D eigenvalue weighted by Gasteiger charge is 2.23. The van der Waals surface area contributed by atoms with Crippen LogP contribution in [0.4, 0.5) is 0 Å². The Morgan fingerprint density at radius 2 is 1.67 bits per heavy atom. The number of nitrogens with zero attached hydrogens (tertiary/aromatic N) is 3. The fourth-order valence-corrected chi connectivity index (χ4v) is 3.31. The van der Waals surface area contributed by atoms with Crippen LogP contribution in [0.3, 0.4) is 0 Å². The van der Waals surface area contributed by atoms with Crippen molar-refractivity contribution < 1.29 is 4.79 Å². The van der Waals surface area contributed by atoms with Gasteiger partial charge in [-0.2, -0.15) is 0 Å². The van der Waals surface area contributed by atoms with Gasteiger partial charge in [-0.15, -0.1) is 0 Å². The fraction of sp³-hybridized carbons (Fsp3) is 0.938. The van der Waals surface area contributed by atoms with Crippen molar-refractivity contribution in [3.05, 3.63) is 0 Å². The molecule has 0 spiro atoms. The minimum atomic E-state index is 0.211. The second-order valence-electron chi connectivity index (χ2n) is 6.68. The topological polar surface area (TPSA) is 38.8 Å². The normalized spacial score (nSPS) is 23.6. The molecule has 1 N–H and O–H groups in total. The molecule has 2 aliphatic rings. The maximum Gasteiger partial charge on any atom is 0.234 e. The van der Waals surface area contributed by atoms with E-state index in [1.807, 2.05) is 0 Å². The molecule has 122 valence electrons. The van der Waals surface area contributed by atoms with Crippen molar-refractivity contribution in [1.82, 2.24) is 20.0 Å². The standard InChI is InChI=1S/C16H32N4O/c1-4-18-7-5-15(6-8-18)17-16(21)13-19-9-11-20(12-10-19)14(2)3/h14-15H,4-13H2,1-3H3,(H,17,21). The Morgan fingerprint density at radius 1 is 1.05 bits per heavy atom. The largest absolute Gasteiger partial charge is 0.352 e. The highest BCUT2D eigenvalue weighted by molar-refractivity contribution is 5.78. The van der Waals surface area contributed by atoms with Crippen molar-refractivity contribution >= 4 is 5.91 Å². The van der Waals surface area contributed by atoms with Gasteiger partial charge < -0.3 is 10.2 Å². The molecule has 2 rings (SSSR count). The summed E-state index contributed by atoms with van der Waals surface area (Å²) in [4.78, 5) is 19.4. The minimum absolute atomic E-state index is 0.211. The van der Waals surface area contributed by atoms with Crippen molar-refractivity contribution in [3.8, 4) is 0 Å². The lowest BCUT2D eigenvalue weighted by molar-refractivity contribution is -0.123. The Morgan fingerprint density at radius 3 is 2.19 bits per heavy atom. The first-order valence-corrected chi connectivity index (χ1v) is 8.56. The molecular formula is C16H32N4O. The van der Waals surface area contributed by atoms with E-state index in [0.29, 0.717) is 18.6 Å². The van der Waals surface area contributed by atoms with Crippen LogP contribution >= 0.6 is 0 Å². The van der Waals surface area contributed by atoms with E-state index >= 15 is 0 Å². The van der Waals surface area contributed by atoms with Crippen molar-refractivity contribution in [2.45, 2.75) is 45.7 Å². The molecule has 21 heavy (non-hydrogen) atoms. The van der Waals surface area contributed by atoms with Crippen molar-refractivity contribution in [3.63, 3.8) is 0 Å². The van der Waals surface area contributed by atoms with Crippen molar-refractivity contribution in [1.29, 1.82) is 0 Å². The highest BCUT2D eigenvalue weighted by atomic mass is 16.2. The summed E-state index contributed by atoms with van der Waals surface area (Å²) in [6, 6.07) is 1.00. The van der Waals surface area contributed by atoms with Crippen LogP contribution in [0.5, 0.6) is 0 Å². The molecule has 0 aliphatic carbocycles. The quantitative estimate of drug-likeness (QED) is 0.807. The van der Waals surface area contributed by atoms with Gasteiger partial charge in [0, 0.05) is 51.4 Å². The number of piperidine rings is 1. The van der Waals surface area contributed by atoms with Crippen LogP contribution in [0.2, 0.25) is 0 Å². The predicted molar refractivity (Wildman–Crippen MR) is 86.4 cm³/mol. The molecule has 2 saturated heterocycles. The first-order valence-electron chi connectivity index (χ1n) is 8.56. The predicted octanol–water partition coefficient (Wildman–Crippen LogP) is 0.613. The molecule has 0 bridgehead atoms. The maximum atomic E-state index is 12.2. The summed E-state index contributed by atoms with van der Waals surface area (Å²) < 4.78 is 0. The SMILES string of the molecule is CCN1CCC(NC(=O)CN2CCN(C(C)C)CC2)CC1. The summed E-state index contributed by atoms with van der Waals surface area (Å²) in [5.41, 5.74) is 0. The molecule has 0 radical (unpaired) electrons. The lowest BCUT2D eigenvalue weighted by Crippen LogP contribution is -2.52. The first-order chi connectivity index (χ1) is 10.1. The molecule has 0 aromatic rings. The van der Waals surface area contributed by atoms with E-state index in [9.17, 15) is 4.79 Å². The van der Waals surface area contributed by atoms with E-state index in [0.717, 1.165) is 58.7 Å². The number of rotatable bonds is 5. The van der Waals surface area contributed by atoms with E-state index in [-0.39, 0.29) is 5.91 Å². The average molecular weight is 296 g/mol. The number of amides is 1. The summed E-state index contributed by atoms with van der Waals surface area (Å²) in [5, 5.41) is 3.22. The molecule has 1 amide bonds. The zero-order valence-electron chi connectivity index (χ0n) is 14.0. The Bertz CT molecular complexity index is 318. The monoisotopic (exact) mass is 296 g/mol. The molecule has 5 nitrogen and oxygen atoms in total. The van der Waals surface area contributed by atoms with Gasteiger partial charge >= 0.3 is 0 Å². The summed E-state index contributed by atoms with van der Waals surface area (Å²) in [6.07, 6.45) is 2.20. The van der Waals surface area contributed by atoms with Crippen molar-refractivity contribution in [2.75, 3.05) is 52.4 Å². The van der Waals surface area contributed by atoms with Gasteiger partial charge in [0.15, 0.2) is 0 Å². The van der Waals surface area contributed by atoms with E-state index < -0.39 is 0 Å². The third-order valence-electron chi connectivity index (χ3n) is 4.90. The highest BCUT2D eigenvalue weighted by Crippen LogP contribution is 2.10. The summed E-state index contributed by atoms with van der Waals surface area (Å²) in [7, 11) is 0. The van der Waals surface area contributed by atoms with Gasteiger partial charge in [0.25, 0.3) is 0 Å². The maximum absolute atomic E-state index is 12.2. The van der Waals surface area contributed by atoms with Crippen LogP contribution in [0.25, 0.3) is 0 Å². The smallest absolute Gasteiger partial charge is 0.234 e. The Balaban J connectivity index is 1.64. The molecule has 2 aliphatic heterocycles. The number of carbonyl (C=O) groups is 1. The number of hydrogen-bond acceptors (Lipinski definition) is 4. The van der Waals surface area contributed by atoms with Gasteiger partial charge in [-0.1, -0.05) is 6.92 Å². The number of piperazine rings is 1. The van der Waals surface area contributed by atoms with E-state index in [1.165, 1.54) is 0 Å². The van der Waals surface area contributed by atoms with Gasteiger partial charge in [0.05, 0.1) is 6.54 Å². The minimum Gasteiger partial charge on any atom is -0.352 e. The van der Waals surface area contributed by atoms with Crippen LogP contribution in [0.15, 0.2) is 0 Å². The van der Waals surface area contributed by atoms with Crippen LogP contribution in [-0.2, 0) is 4.79 Å². The Kier molecular flexibility index (Phi) is 6.45. The van der Waals surface area contributed by atoms with Crippen LogP contribution < -0.4 is 5.32 Å². The third-order valence-corrected chi connectivity index (χ3v) is 4.90. The van der Waals surface area contributed by atoms with E-state index in [2.05, 4.69) is 40.8 Å². The molecule has 0 aromatic heterocycles. The Hall–Kier alpha value is -0.650. The first kappa shape index (κ1) is 16.7. The van der Waals surface area contributed by atoms with Crippen LogP contribution in [0, 0.1) is 0 Å². The van der Waals surface area contributed by atoms with Gasteiger partial charge in [0.1, 0.15) is 0 Å². The molecule has 0 saturated carbocycles. The third kappa shape index (κ3) is 5.24. The van der Waals surface area contributed by atoms with Crippen LogP contribution in [-0.4, -0.2) is 85.0 Å². The molecule has 0 unspecified atom stereocenters. The fourth-order valence-electron chi connectivity index (χ4n) is 3.31. The second-order valence-corrected chi connectivity index (χ2v) is 6.68. The van der Waals surface area contributed by atoms with Gasteiger partial charge in [-0.25, -0.2) is 0 Å². The van der Waals surface area contributed by atoms with Gasteiger partial charge in [-0.3, -0.25) is 14.6 Å². The zero-order valence-corrected chi connectivity index (χ0v) is 14.0. The Labute approximate surface area is 129 Å². The van der Waals surface area contributed by atoms with Gasteiger partial charge in [0.2, 0.25) is 5.91 Å². The second kappa shape index (κ2) is 8.11. The molecule has 0 atom stereocenters. The molecule has 5 heteroatoms. The molecular weight excluding hydrogens is 264 g/mol.